The zero-order valence-electron chi connectivity index (χ0n) is 7.37. The third kappa shape index (κ3) is 1.98. The van der Waals surface area contributed by atoms with Gasteiger partial charge in [0.05, 0.1) is 12.1 Å². The second-order valence-electron chi connectivity index (χ2n) is 3.24. The van der Waals surface area contributed by atoms with Crippen LogP contribution in [0.1, 0.15) is 20.3 Å². The molecule has 1 heterocycles. The lowest BCUT2D eigenvalue weighted by Gasteiger charge is -2.20. The lowest BCUT2D eigenvalue weighted by Crippen LogP contribution is -2.33. The van der Waals surface area contributed by atoms with Gasteiger partial charge in [-0.1, -0.05) is 6.92 Å². The predicted octanol–water partition coefficient (Wildman–Crippen LogP) is 0.337. The van der Waals surface area contributed by atoms with Crippen molar-refractivity contribution in [3.05, 3.63) is 22.9 Å². The quantitative estimate of drug-likeness (QED) is 0.687. The first-order valence-corrected chi connectivity index (χ1v) is 4.01. The Morgan fingerprint density at radius 1 is 1.75 bits per heavy atom. The Labute approximate surface area is 70.9 Å². The molecule has 0 aromatic carbocycles. The molecule has 68 valence electrons. The number of hydrogen-bond acceptors (Lipinski definition) is 2. The Morgan fingerprint density at radius 2 is 2.42 bits per heavy atom. The molecule has 0 aliphatic heterocycles. The van der Waals surface area contributed by atoms with Gasteiger partial charge in [-0.15, -0.1) is 0 Å². The molecule has 0 amide bonds. The first-order chi connectivity index (χ1) is 5.55. The zero-order chi connectivity index (χ0) is 9.19. The maximum absolute atomic E-state index is 11.0. The van der Waals surface area contributed by atoms with Crippen molar-refractivity contribution < 1.29 is 5.11 Å². The van der Waals surface area contributed by atoms with Crippen molar-refractivity contribution in [1.29, 1.82) is 0 Å². The van der Waals surface area contributed by atoms with Crippen LogP contribution in [-0.4, -0.2) is 20.3 Å². The van der Waals surface area contributed by atoms with Gasteiger partial charge in [0.15, 0.2) is 0 Å². The summed E-state index contributed by atoms with van der Waals surface area (Å²) >= 11 is 0. The fourth-order valence-corrected chi connectivity index (χ4v) is 0.952. The Bertz CT molecular complexity index is 298. The van der Waals surface area contributed by atoms with Crippen LogP contribution < -0.4 is 5.69 Å². The summed E-state index contributed by atoms with van der Waals surface area (Å²) in [5, 5.41) is 9.65. The zero-order valence-corrected chi connectivity index (χ0v) is 7.37. The predicted molar refractivity (Wildman–Crippen MR) is 46.0 cm³/mol. The van der Waals surface area contributed by atoms with E-state index in [1.54, 1.807) is 19.3 Å². The van der Waals surface area contributed by atoms with Crippen molar-refractivity contribution in [2.75, 3.05) is 0 Å². The molecule has 12 heavy (non-hydrogen) atoms. The number of imidazole rings is 1. The van der Waals surface area contributed by atoms with E-state index in [0.717, 1.165) is 0 Å². The number of nitrogens with zero attached hydrogens (tertiary/aromatic N) is 1. The summed E-state index contributed by atoms with van der Waals surface area (Å²) in [5.41, 5.74) is -0.977. The fraction of sp³-hybridized carbons (Fsp3) is 0.625. The molecular weight excluding hydrogens is 156 g/mol. The van der Waals surface area contributed by atoms with E-state index in [9.17, 15) is 9.90 Å². The van der Waals surface area contributed by atoms with Crippen molar-refractivity contribution in [2.45, 2.75) is 32.4 Å². The Hall–Kier alpha value is -1.03. The minimum Gasteiger partial charge on any atom is -0.388 e. The van der Waals surface area contributed by atoms with Gasteiger partial charge < -0.3 is 10.1 Å². The standard InChI is InChI=1S/C8H14N2O2/c1-3-8(2,12)6-10-5-4-9-7(10)11/h4-5,12H,3,6H2,1-2H3,(H,9,11). The highest BCUT2D eigenvalue weighted by Gasteiger charge is 2.18. The summed E-state index contributed by atoms with van der Waals surface area (Å²) in [6.45, 7) is 3.94. The molecule has 4 heteroatoms. The van der Waals surface area contributed by atoms with Crippen LogP contribution in [-0.2, 0) is 6.54 Å². The van der Waals surface area contributed by atoms with Gasteiger partial charge in [-0.3, -0.25) is 4.57 Å². The molecule has 0 saturated carbocycles. The van der Waals surface area contributed by atoms with Gasteiger partial charge >= 0.3 is 5.69 Å². The normalized spacial score (nSPS) is 15.9. The molecule has 1 atom stereocenters. The lowest BCUT2D eigenvalue weighted by molar-refractivity contribution is 0.0371. The summed E-state index contributed by atoms with van der Waals surface area (Å²) in [7, 11) is 0. The molecule has 1 aromatic heterocycles. The summed E-state index contributed by atoms with van der Waals surface area (Å²) < 4.78 is 1.46. The largest absolute Gasteiger partial charge is 0.388 e. The summed E-state index contributed by atoms with van der Waals surface area (Å²) in [6.07, 6.45) is 3.82. The van der Waals surface area contributed by atoms with Gasteiger partial charge in [-0.05, 0) is 13.3 Å². The molecule has 0 radical (unpaired) electrons. The number of nitrogens with one attached hydrogen (secondary N) is 1. The third-order valence-corrected chi connectivity index (χ3v) is 1.99. The number of aromatic amines is 1. The highest BCUT2D eigenvalue weighted by Crippen LogP contribution is 2.09. The SMILES string of the molecule is CCC(C)(O)Cn1cc[nH]c1=O. The molecule has 2 N–H and O–H groups in total. The molecule has 1 rings (SSSR count). The second kappa shape index (κ2) is 3.15. The average molecular weight is 170 g/mol. The van der Waals surface area contributed by atoms with E-state index >= 15 is 0 Å². The van der Waals surface area contributed by atoms with E-state index in [1.165, 1.54) is 4.57 Å². The van der Waals surface area contributed by atoms with Crippen LogP contribution in [0.5, 0.6) is 0 Å². The second-order valence-corrected chi connectivity index (χ2v) is 3.24. The molecule has 0 bridgehead atoms. The highest BCUT2D eigenvalue weighted by atomic mass is 16.3. The third-order valence-electron chi connectivity index (χ3n) is 1.99. The molecule has 0 fully saturated rings. The molecule has 0 spiro atoms. The van der Waals surface area contributed by atoms with Crippen LogP contribution >= 0.6 is 0 Å². The minimum atomic E-state index is -0.800. The molecule has 1 aromatic rings. The number of hydrogen-bond donors (Lipinski definition) is 2. The topological polar surface area (TPSA) is 58.0 Å². The summed E-state index contributed by atoms with van der Waals surface area (Å²) in [6, 6.07) is 0. The van der Waals surface area contributed by atoms with Crippen LogP contribution in [0.3, 0.4) is 0 Å². The number of rotatable bonds is 3. The summed E-state index contributed by atoms with van der Waals surface area (Å²) in [4.78, 5) is 13.5. The number of aliphatic hydroxyl groups is 1. The number of H-pyrrole nitrogens is 1. The van der Waals surface area contributed by atoms with E-state index in [-0.39, 0.29) is 5.69 Å². The monoisotopic (exact) mass is 170 g/mol. The molecule has 1 unspecified atom stereocenters. The molecule has 0 aliphatic rings. The van der Waals surface area contributed by atoms with Gasteiger partial charge in [0.1, 0.15) is 0 Å². The highest BCUT2D eigenvalue weighted by molar-refractivity contribution is 4.80. The molecule has 0 saturated heterocycles. The van der Waals surface area contributed by atoms with E-state index in [4.69, 9.17) is 0 Å². The number of aromatic nitrogens is 2. The van der Waals surface area contributed by atoms with E-state index < -0.39 is 5.60 Å². The lowest BCUT2D eigenvalue weighted by atomic mass is 10.0. The first kappa shape index (κ1) is 9.06. The van der Waals surface area contributed by atoms with Crippen molar-refractivity contribution >= 4 is 0 Å². The smallest absolute Gasteiger partial charge is 0.325 e. The van der Waals surface area contributed by atoms with Crippen molar-refractivity contribution in [2.24, 2.45) is 0 Å². The van der Waals surface area contributed by atoms with Gasteiger partial charge in [-0.25, -0.2) is 4.79 Å². The van der Waals surface area contributed by atoms with Gasteiger partial charge in [0.25, 0.3) is 0 Å². The van der Waals surface area contributed by atoms with Crippen LogP contribution in [0.25, 0.3) is 0 Å². The minimum absolute atomic E-state index is 0.177. The van der Waals surface area contributed by atoms with Crippen LogP contribution in [0.4, 0.5) is 0 Å². The maximum Gasteiger partial charge on any atom is 0.325 e. The van der Waals surface area contributed by atoms with Crippen LogP contribution in [0, 0.1) is 0 Å². The van der Waals surface area contributed by atoms with Crippen molar-refractivity contribution in [3.63, 3.8) is 0 Å². The Morgan fingerprint density at radius 3 is 2.83 bits per heavy atom. The molecular formula is C8H14N2O2. The van der Waals surface area contributed by atoms with Crippen LogP contribution in [0.15, 0.2) is 17.2 Å². The van der Waals surface area contributed by atoms with Gasteiger partial charge in [0, 0.05) is 12.4 Å². The first-order valence-electron chi connectivity index (χ1n) is 4.01. The Balaban J connectivity index is 2.77. The van der Waals surface area contributed by atoms with Gasteiger partial charge in [-0.2, -0.15) is 0 Å². The molecule has 4 nitrogen and oxygen atoms in total. The maximum atomic E-state index is 11.0. The Kier molecular flexibility index (Phi) is 2.38. The van der Waals surface area contributed by atoms with E-state index in [2.05, 4.69) is 4.98 Å². The van der Waals surface area contributed by atoms with Crippen molar-refractivity contribution in [1.82, 2.24) is 9.55 Å². The molecule has 0 aliphatic carbocycles. The van der Waals surface area contributed by atoms with E-state index in [1.807, 2.05) is 6.92 Å². The average Bonchev–Trinajstić information content (AvgIpc) is 2.36. The van der Waals surface area contributed by atoms with Crippen molar-refractivity contribution in [3.8, 4) is 0 Å². The summed E-state index contributed by atoms with van der Waals surface area (Å²) in [5.74, 6) is 0. The van der Waals surface area contributed by atoms with Crippen LogP contribution in [0.2, 0.25) is 0 Å². The fourth-order valence-electron chi connectivity index (χ4n) is 0.952. The van der Waals surface area contributed by atoms with E-state index in [0.29, 0.717) is 13.0 Å². The van der Waals surface area contributed by atoms with Gasteiger partial charge in [0.2, 0.25) is 0 Å².